The molecule has 0 amide bonds. The highest BCUT2D eigenvalue weighted by molar-refractivity contribution is 4.86. The van der Waals surface area contributed by atoms with Gasteiger partial charge in [0.05, 0.1) is 12.7 Å². The molecule has 1 heterocycles. The SMILES string of the molecule is C.CC(C)(C)C1CN(C(C)(C)C)CCO1. The average molecular weight is 215 g/mol. The first-order valence-corrected chi connectivity index (χ1v) is 5.58. The molecule has 0 saturated carbocycles. The molecule has 1 fully saturated rings. The Hall–Kier alpha value is -0.0800. The zero-order valence-corrected chi connectivity index (χ0v) is 10.6. The quantitative estimate of drug-likeness (QED) is 0.615. The molecule has 1 saturated heterocycles. The monoisotopic (exact) mass is 215 g/mol. The zero-order chi connectivity index (χ0) is 11.0. The maximum Gasteiger partial charge on any atom is 0.0750 e. The van der Waals surface area contributed by atoms with Crippen LogP contribution in [-0.4, -0.2) is 36.2 Å². The fourth-order valence-corrected chi connectivity index (χ4v) is 1.78. The van der Waals surface area contributed by atoms with Crippen molar-refractivity contribution < 1.29 is 4.74 Å². The molecule has 1 aliphatic rings. The molecule has 1 rings (SSSR count). The summed E-state index contributed by atoms with van der Waals surface area (Å²) in [5, 5.41) is 0. The summed E-state index contributed by atoms with van der Waals surface area (Å²) >= 11 is 0. The van der Waals surface area contributed by atoms with Crippen LogP contribution in [0.3, 0.4) is 0 Å². The van der Waals surface area contributed by atoms with Crippen LogP contribution >= 0.6 is 0 Å². The van der Waals surface area contributed by atoms with Gasteiger partial charge in [0, 0.05) is 18.6 Å². The highest BCUT2D eigenvalue weighted by Crippen LogP contribution is 2.28. The van der Waals surface area contributed by atoms with E-state index in [1.807, 2.05) is 0 Å². The van der Waals surface area contributed by atoms with Gasteiger partial charge in [0.25, 0.3) is 0 Å². The average Bonchev–Trinajstić information content (AvgIpc) is 2.01. The fourth-order valence-electron chi connectivity index (χ4n) is 1.78. The van der Waals surface area contributed by atoms with Gasteiger partial charge in [-0.1, -0.05) is 28.2 Å². The van der Waals surface area contributed by atoms with Crippen molar-refractivity contribution >= 4 is 0 Å². The summed E-state index contributed by atoms with van der Waals surface area (Å²) in [6.07, 6.45) is 0.371. The molecule has 1 aliphatic heterocycles. The second-order valence-electron chi connectivity index (χ2n) is 6.34. The Balaban J connectivity index is 0.00000196. The summed E-state index contributed by atoms with van der Waals surface area (Å²) in [5.74, 6) is 0. The van der Waals surface area contributed by atoms with Crippen LogP contribution in [-0.2, 0) is 4.74 Å². The van der Waals surface area contributed by atoms with E-state index in [9.17, 15) is 0 Å². The van der Waals surface area contributed by atoms with Gasteiger partial charge in [-0.3, -0.25) is 4.90 Å². The van der Waals surface area contributed by atoms with Crippen molar-refractivity contribution in [2.45, 2.75) is 60.6 Å². The summed E-state index contributed by atoms with van der Waals surface area (Å²) < 4.78 is 5.83. The first-order chi connectivity index (χ1) is 6.21. The number of hydrogen-bond donors (Lipinski definition) is 0. The van der Waals surface area contributed by atoms with Crippen molar-refractivity contribution in [2.24, 2.45) is 5.41 Å². The predicted octanol–water partition coefficient (Wildman–Crippen LogP) is 3.17. The van der Waals surface area contributed by atoms with Crippen molar-refractivity contribution in [3.63, 3.8) is 0 Å². The Labute approximate surface area is 96.0 Å². The fraction of sp³-hybridized carbons (Fsp3) is 1.00. The highest BCUT2D eigenvalue weighted by Gasteiger charge is 2.34. The van der Waals surface area contributed by atoms with Crippen LogP contribution < -0.4 is 0 Å². The van der Waals surface area contributed by atoms with E-state index in [4.69, 9.17) is 4.74 Å². The summed E-state index contributed by atoms with van der Waals surface area (Å²) in [5.41, 5.74) is 0.525. The molecule has 0 spiro atoms. The summed E-state index contributed by atoms with van der Waals surface area (Å²) in [6, 6.07) is 0. The molecule has 15 heavy (non-hydrogen) atoms. The molecule has 2 heteroatoms. The van der Waals surface area contributed by atoms with Crippen molar-refractivity contribution in [1.82, 2.24) is 4.90 Å². The molecule has 0 N–H and O–H groups in total. The Bertz CT molecular complexity index is 168. The Morgan fingerprint density at radius 2 is 1.60 bits per heavy atom. The van der Waals surface area contributed by atoms with E-state index < -0.39 is 0 Å². The largest absolute Gasteiger partial charge is 0.375 e. The minimum Gasteiger partial charge on any atom is -0.375 e. The normalized spacial score (nSPS) is 24.8. The molecule has 2 nitrogen and oxygen atoms in total. The van der Waals surface area contributed by atoms with Crippen LogP contribution in [0.5, 0.6) is 0 Å². The number of nitrogens with zero attached hydrogens (tertiary/aromatic N) is 1. The number of ether oxygens (including phenoxy) is 1. The first kappa shape index (κ1) is 14.9. The third-order valence-electron chi connectivity index (χ3n) is 2.98. The molecular weight excluding hydrogens is 186 g/mol. The molecule has 0 radical (unpaired) electrons. The molecule has 1 unspecified atom stereocenters. The van der Waals surface area contributed by atoms with Gasteiger partial charge in [0.15, 0.2) is 0 Å². The predicted molar refractivity (Wildman–Crippen MR) is 67.3 cm³/mol. The minimum absolute atomic E-state index is 0. The van der Waals surface area contributed by atoms with Gasteiger partial charge >= 0.3 is 0 Å². The summed E-state index contributed by atoms with van der Waals surface area (Å²) in [6.45, 7) is 16.6. The lowest BCUT2D eigenvalue weighted by atomic mass is 9.87. The van der Waals surface area contributed by atoms with Gasteiger partial charge in [-0.25, -0.2) is 0 Å². The van der Waals surface area contributed by atoms with E-state index in [0.29, 0.717) is 6.10 Å². The third kappa shape index (κ3) is 4.12. The van der Waals surface area contributed by atoms with E-state index in [-0.39, 0.29) is 18.4 Å². The van der Waals surface area contributed by atoms with Crippen molar-refractivity contribution in [1.29, 1.82) is 0 Å². The Morgan fingerprint density at radius 3 is 2.00 bits per heavy atom. The first-order valence-electron chi connectivity index (χ1n) is 5.58. The number of rotatable bonds is 0. The highest BCUT2D eigenvalue weighted by atomic mass is 16.5. The lowest BCUT2D eigenvalue weighted by Gasteiger charge is -2.45. The van der Waals surface area contributed by atoms with Crippen LogP contribution in [0.4, 0.5) is 0 Å². The van der Waals surface area contributed by atoms with E-state index in [1.165, 1.54) is 0 Å². The van der Waals surface area contributed by atoms with E-state index in [1.54, 1.807) is 0 Å². The van der Waals surface area contributed by atoms with Gasteiger partial charge in [-0.2, -0.15) is 0 Å². The van der Waals surface area contributed by atoms with Crippen LogP contribution in [0.1, 0.15) is 49.0 Å². The van der Waals surface area contributed by atoms with E-state index >= 15 is 0 Å². The van der Waals surface area contributed by atoms with Gasteiger partial charge in [-0.05, 0) is 26.2 Å². The van der Waals surface area contributed by atoms with Crippen LogP contribution in [0.15, 0.2) is 0 Å². The molecule has 0 bridgehead atoms. The van der Waals surface area contributed by atoms with Gasteiger partial charge in [0.2, 0.25) is 0 Å². The number of hydrogen-bond acceptors (Lipinski definition) is 2. The molecule has 1 atom stereocenters. The summed E-state index contributed by atoms with van der Waals surface area (Å²) in [7, 11) is 0. The zero-order valence-electron chi connectivity index (χ0n) is 10.6. The molecular formula is C13H29NO. The van der Waals surface area contributed by atoms with Gasteiger partial charge < -0.3 is 4.74 Å². The van der Waals surface area contributed by atoms with Crippen LogP contribution in [0, 0.1) is 5.41 Å². The lowest BCUT2D eigenvalue weighted by molar-refractivity contribution is -0.100. The molecule has 0 aromatic heterocycles. The second kappa shape index (κ2) is 4.84. The molecule has 0 aromatic rings. The minimum atomic E-state index is 0. The number of morpholine rings is 1. The topological polar surface area (TPSA) is 12.5 Å². The molecule has 0 aliphatic carbocycles. The van der Waals surface area contributed by atoms with Crippen molar-refractivity contribution in [2.75, 3.05) is 19.7 Å². The maximum atomic E-state index is 5.83. The third-order valence-corrected chi connectivity index (χ3v) is 2.98. The van der Waals surface area contributed by atoms with Crippen molar-refractivity contribution in [3.05, 3.63) is 0 Å². The summed E-state index contributed by atoms with van der Waals surface area (Å²) in [4.78, 5) is 2.52. The van der Waals surface area contributed by atoms with Gasteiger partial charge in [-0.15, -0.1) is 0 Å². The Morgan fingerprint density at radius 1 is 1.07 bits per heavy atom. The standard InChI is InChI=1S/C12H25NO.CH4/c1-11(2,3)10-9-13(7-8-14-10)12(4,5)6;/h10H,7-9H2,1-6H3;1H4. The van der Waals surface area contributed by atoms with E-state index in [0.717, 1.165) is 19.7 Å². The van der Waals surface area contributed by atoms with Crippen LogP contribution in [0.25, 0.3) is 0 Å². The van der Waals surface area contributed by atoms with Gasteiger partial charge in [0.1, 0.15) is 0 Å². The smallest absolute Gasteiger partial charge is 0.0750 e. The van der Waals surface area contributed by atoms with E-state index in [2.05, 4.69) is 46.4 Å². The second-order valence-corrected chi connectivity index (χ2v) is 6.34. The van der Waals surface area contributed by atoms with Crippen molar-refractivity contribution in [3.8, 4) is 0 Å². The van der Waals surface area contributed by atoms with Crippen LogP contribution in [0.2, 0.25) is 0 Å². The molecule has 92 valence electrons. The maximum absolute atomic E-state index is 5.83. The molecule has 0 aromatic carbocycles. The Kier molecular flexibility index (Phi) is 4.81. The lowest BCUT2D eigenvalue weighted by Crippen LogP contribution is -2.54.